The van der Waals surface area contributed by atoms with Crippen LogP contribution in [-0.2, 0) is 0 Å². The largest absolute Gasteiger partial charge is 0.319 e. The number of hydrogen-bond acceptors (Lipinski definition) is 2. The van der Waals surface area contributed by atoms with Crippen molar-refractivity contribution >= 4 is 56.3 Å². The van der Waals surface area contributed by atoms with Crippen LogP contribution >= 0.6 is 0 Å². The molecule has 0 fully saturated rings. The number of nitrogens with zero attached hydrogens (tertiary/aromatic N) is 4. The third kappa shape index (κ3) is 4.80. The molecule has 0 radical (unpaired) electrons. The van der Waals surface area contributed by atoms with E-state index in [4.69, 9.17) is 6.57 Å². The highest BCUT2D eigenvalue weighted by Gasteiger charge is 2.41. The third-order valence-electron chi connectivity index (χ3n) is 9.63. The second-order valence-corrected chi connectivity index (χ2v) is 16.0. The summed E-state index contributed by atoms with van der Waals surface area (Å²) < 4.78 is 2.09. The first-order valence-electron chi connectivity index (χ1n) is 16.3. The molecule has 8 aromatic rings. The fourth-order valence-corrected chi connectivity index (χ4v) is 12.3. The Labute approximate surface area is 291 Å². The Morgan fingerprint density at radius 2 is 1.10 bits per heavy atom. The summed E-state index contributed by atoms with van der Waals surface area (Å²) in [6, 6.07) is 63.0. The molecule has 5 heteroatoms. The van der Waals surface area contributed by atoms with Gasteiger partial charge in [0, 0.05) is 16.3 Å². The molecule has 0 atom stereocenters. The number of aromatic nitrogens is 1. The number of fused-ring (bicyclic) bond motifs is 3. The minimum absolute atomic E-state index is 0.384. The van der Waals surface area contributed by atoms with Gasteiger partial charge in [-0.25, -0.2) is 4.85 Å². The zero-order valence-corrected chi connectivity index (χ0v) is 28.0. The molecule has 1 heterocycles. The maximum absolute atomic E-state index is 10.5. The summed E-state index contributed by atoms with van der Waals surface area (Å²) in [6.07, 6.45) is 0. The molecule has 7 aromatic carbocycles. The SMILES string of the molecule is [C-]#[N+]c1cc(C#N)c(-c2cccc([Si](c3ccccc3)(c3ccccc3)c3ccccc3)c2)cc1-n1c2ccccc2c2cc(C#N)ccc21. The van der Waals surface area contributed by atoms with Crippen molar-refractivity contribution in [2.75, 3.05) is 0 Å². The van der Waals surface area contributed by atoms with Gasteiger partial charge in [-0.2, -0.15) is 10.5 Å². The average Bonchev–Trinajstić information content (AvgIpc) is 3.52. The highest BCUT2D eigenvalue weighted by molar-refractivity contribution is 7.19. The summed E-state index contributed by atoms with van der Waals surface area (Å²) in [4.78, 5) is 3.93. The van der Waals surface area contributed by atoms with Crippen molar-refractivity contribution in [3.8, 4) is 29.0 Å². The molecule has 0 amide bonds. The summed E-state index contributed by atoms with van der Waals surface area (Å²) in [6.45, 7) is 8.18. The molecule has 0 spiro atoms. The first kappa shape index (κ1) is 30.4. The summed E-state index contributed by atoms with van der Waals surface area (Å²) in [7, 11) is -2.82. The number of para-hydroxylation sites is 1. The Balaban J connectivity index is 1.42. The maximum atomic E-state index is 10.5. The van der Waals surface area contributed by atoms with Crippen molar-refractivity contribution < 1.29 is 0 Å². The number of benzene rings is 7. The monoisotopic (exact) mass is 652 g/mol. The molecular formula is C45H28N4Si. The predicted molar refractivity (Wildman–Crippen MR) is 206 cm³/mol. The second kappa shape index (κ2) is 12.6. The molecule has 1 aromatic heterocycles. The van der Waals surface area contributed by atoms with Crippen molar-refractivity contribution in [1.29, 1.82) is 10.5 Å². The van der Waals surface area contributed by atoms with Crippen LogP contribution in [0.2, 0.25) is 0 Å². The average molecular weight is 653 g/mol. The molecule has 0 saturated carbocycles. The Kier molecular flexibility index (Phi) is 7.63. The summed E-state index contributed by atoms with van der Waals surface area (Å²) in [5.41, 5.74) is 5.57. The molecule has 0 unspecified atom stereocenters. The van der Waals surface area contributed by atoms with Gasteiger partial charge in [0.1, 0.15) is 0 Å². The molecular weight excluding hydrogens is 625 g/mol. The summed E-state index contributed by atoms with van der Waals surface area (Å²) >= 11 is 0. The maximum Gasteiger partial charge on any atom is 0.211 e. The van der Waals surface area contributed by atoms with E-state index in [1.807, 2.05) is 48.5 Å². The Hall–Kier alpha value is -6.97. The standard InChI is InChI=1S/C45H28N4Si/c1-48-42-28-34(31-47)40(29-45(42)49-43-23-12-11-22-39(43)41-26-32(30-46)24-25-44(41)49)33-14-13-21-38(27-33)50(35-15-5-2-6-16-35,36-17-7-3-8-18-36)37-19-9-4-10-20-37/h2-29H. The Morgan fingerprint density at radius 3 is 1.70 bits per heavy atom. The number of rotatable bonds is 6. The lowest BCUT2D eigenvalue weighted by molar-refractivity contribution is 1.18. The minimum Gasteiger partial charge on any atom is -0.319 e. The van der Waals surface area contributed by atoms with Gasteiger partial charge in [0.05, 0.1) is 41.0 Å². The van der Waals surface area contributed by atoms with E-state index < -0.39 is 8.07 Å². The predicted octanol–water partition coefficient (Wildman–Crippen LogP) is 8.12. The molecule has 0 aliphatic carbocycles. The van der Waals surface area contributed by atoms with Gasteiger partial charge >= 0.3 is 0 Å². The van der Waals surface area contributed by atoms with Gasteiger partial charge in [-0.15, -0.1) is 0 Å². The van der Waals surface area contributed by atoms with Gasteiger partial charge in [0.25, 0.3) is 0 Å². The number of nitriles is 2. The van der Waals surface area contributed by atoms with E-state index in [1.54, 1.807) is 6.07 Å². The van der Waals surface area contributed by atoms with E-state index in [1.165, 1.54) is 20.7 Å². The van der Waals surface area contributed by atoms with Crippen LogP contribution in [0.5, 0.6) is 0 Å². The minimum atomic E-state index is -2.82. The van der Waals surface area contributed by atoms with Gasteiger partial charge in [-0.1, -0.05) is 133 Å². The second-order valence-electron chi connectivity index (χ2n) is 12.2. The van der Waals surface area contributed by atoms with Crippen LogP contribution in [0.3, 0.4) is 0 Å². The van der Waals surface area contributed by atoms with Gasteiger partial charge in [0.2, 0.25) is 5.69 Å². The summed E-state index contributed by atoms with van der Waals surface area (Å²) in [5, 5.41) is 27.1. The van der Waals surface area contributed by atoms with Crippen molar-refractivity contribution in [2.24, 2.45) is 0 Å². The van der Waals surface area contributed by atoms with Gasteiger partial charge in [-0.05, 0) is 68.3 Å². The van der Waals surface area contributed by atoms with E-state index in [0.717, 1.165) is 32.9 Å². The van der Waals surface area contributed by atoms with Gasteiger partial charge in [0.15, 0.2) is 8.07 Å². The molecule has 232 valence electrons. The van der Waals surface area contributed by atoms with Crippen LogP contribution in [0.25, 0.3) is 43.5 Å². The molecule has 0 aliphatic rings. The Morgan fingerprint density at radius 1 is 0.520 bits per heavy atom. The van der Waals surface area contributed by atoms with E-state index in [2.05, 4.69) is 137 Å². The lowest BCUT2D eigenvalue weighted by atomic mass is 9.98. The fraction of sp³-hybridized carbons (Fsp3) is 0. The van der Waals surface area contributed by atoms with Crippen LogP contribution in [-0.4, -0.2) is 12.6 Å². The normalized spacial score (nSPS) is 11.1. The Bertz CT molecular complexity index is 2580. The van der Waals surface area contributed by atoms with E-state index >= 15 is 0 Å². The van der Waals surface area contributed by atoms with Crippen molar-refractivity contribution in [1.82, 2.24) is 4.57 Å². The van der Waals surface area contributed by atoms with Crippen molar-refractivity contribution in [2.45, 2.75) is 0 Å². The molecule has 0 bridgehead atoms. The molecule has 50 heavy (non-hydrogen) atoms. The van der Waals surface area contributed by atoms with Gasteiger partial charge in [-0.3, -0.25) is 0 Å². The lowest BCUT2D eigenvalue weighted by Crippen LogP contribution is -2.74. The van der Waals surface area contributed by atoms with Crippen molar-refractivity contribution in [3.05, 3.63) is 192 Å². The van der Waals surface area contributed by atoms with E-state index in [0.29, 0.717) is 22.5 Å². The first-order valence-corrected chi connectivity index (χ1v) is 18.3. The zero-order chi connectivity index (χ0) is 34.1. The van der Waals surface area contributed by atoms with Crippen LogP contribution in [0, 0.1) is 29.2 Å². The highest BCUT2D eigenvalue weighted by Crippen LogP contribution is 2.39. The highest BCUT2D eigenvalue weighted by atomic mass is 28.3. The van der Waals surface area contributed by atoms with Crippen molar-refractivity contribution in [3.63, 3.8) is 0 Å². The topological polar surface area (TPSA) is 56.9 Å². The van der Waals surface area contributed by atoms with Crippen LogP contribution in [0.15, 0.2) is 170 Å². The number of hydrogen-bond donors (Lipinski definition) is 0. The molecule has 8 rings (SSSR count). The molecule has 4 nitrogen and oxygen atoms in total. The molecule has 0 N–H and O–H groups in total. The van der Waals surface area contributed by atoms with E-state index in [-0.39, 0.29) is 0 Å². The lowest BCUT2D eigenvalue weighted by Gasteiger charge is -2.34. The smallest absolute Gasteiger partial charge is 0.211 e. The quantitative estimate of drug-likeness (QED) is 0.104. The fourth-order valence-electron chi connectivity index (χ4n) is 7.46. The zero-order valence-electron chi connectivity index (χ0n) is 27.0. The van der Waals surface area contributed by atoms with Crippen LogP contribution in [0.1, 0.15) is 11.1 Å². The molecule has 0 saturated heterocycles. The first-order chi connectivity index (χ1) is 24.7. The third-order valence-corrected chi connectivity index (χ3v) is 14.4. The van der Waals surface area contributed by atoms with Crippen LogP contribution < -0.4 is 20.7 Å². The van der Waals surface area contributed by atoms with E-state index in [9.17, 15) is 10.5 Å². The molecule has 0 aliphatic heterocycles. The van der Waals surface area contributed by atoms with Crippen LogP contribution in [0.4, 0.5) is 5.69 Å². The van der Waals surface area contributed by atoms with Gasteiger partial charge < -0.3 is 4.57 Å². The summed E-state index contributed by atoms with van der Waals surface area (Å²) in [5.74, 6) is 0.